The number of para-hydroxylation sites is 3. The molecule has 3 aromatic rings. The number of fused-ring (bicyclic) bond motifs is 1. The van der Waals surface area contributed by atoms with E-state index < -0.39 is 11.7 Å². The first kappa shape index (κ1) is 17.8. The fourth-order valence-electron chi connectivity index (χ4n) is 2.79. The van der Waals surface area contributed by atoms with Gasteiger partial charge in [-0.15, -0.1) is 0 Å². The molecule has 1 atom stereocenters. The van der Waals surface area contributed by atoms with Gasteiger partial charge in [-0.2, -0.15) is 5.10 Å². The number of ether oxygens (including phenoxy) is 3. The van der Waals surface area contributed by atoms with Crippen LogP contribution in [0.4, 0.5) is 10.1 Å². The highest BCUT2D eigenvalue weighted by Crippen LogP contribution is 2.31. The van der Waals surface area contributed by atoms with Gasteiger partial charge in [0.15, 0.2) is 35.8 Å². The van der Waals surface area contributed by atoms with Crippen LogP contribution in [-0.4, -0.2) is 35.0 Å². The number of benzene rings is 2. The summed E-state index contributed by atoms with van der Waals surface area (Å²) in [5, 5.41) is 6.88. The average molecular weight is 383 g/mol. The molecule has 0 saturated heterocycles. The Kier molecular flexibility index (Phi) is 5.09. The van der Waals surface area contributed by atoms with Crippen molar-refractivity contribution < 1.29 is 23.4 Å². The second-order valence-electron chi connectivity index (χ2n) is 6.22. The molecule has 1 aromatic heterocycles. The minimum atomic E-state index is -0.514. The summed E-state index contributed by atoms with van der Waals surface area (Å²) in [7, 11) is 0. The largest absolute Gasteiger partial charge is 0.486 e. The number of carbonyl (C=O) groups is 1. The highest BCUT2D eigenvalue weighted by Gasteiger charge is 2.21. The molecular weight excluding hydrogens is 365 g/mol. The molecule has 0 bridgehead atoms. The summed E-state index contributed by atoms with van der Waals surface area (Å²) < 4.78 is 31.9. The van der Waals surface area contributed by atoms with Gasteiger partial charge >= 0.3 is 0 Å². The molecule has 0 aliphatic carbocycles. The highest BCUT2D eigenvalue weighted by atomic mass is 19.1. The van der Waals surface area contributed by atoms with E-state index >= 15 is 0 Å². The molecule has 4 rings (SSSR count). The zero-order valence-corrected chi connectivity index (χ0v) is 14.9. The molecular formula is C20H18FN3O4. The lowest BCUT2D eigenvalue weighted by atomic mass is 10.2. The zero-order valence-electron chi connectivity index (χ0n) is 14.9. The van der Waals surface area contributed by atoms with Crippen LogP contribution in [-0.2, 0) is 11.3 Å². The molecule has 0 radical (unpaired) electrons. The van der Waals surface area contributed by atoms with E-state index in [4.69, 9.17) is 14.2 Å². The number of rotatable bonds is 6. The molecule has 1 aliphatic heterocycles. The Morgan fingerprint density at radius 3 is 2.86 bits per heavy atom. The number of hydrogen-bond acceptors (Lipinski definition) is 5. The lowest BCUT2D eigenvalue weighted by Crippen LogP contribution is -2.33. The van der Waals surface area contributed by atoms with E-state index in [9.17, 15) is 9.18 Å². The first-order valence-corrected chi connectivity index (χ1v) is 8.75. The van der Waals surface area contributed by atoms with Crippen LogP contribution in [0.3, 0.4) is 0 Å². The number of anilines is 1. The zero-order chi connectivity index (χ0) is 19.3. The fraction of sp³-hybridized carbons (Fsp3) is 0.200. The van der Waals surface area contributed by atoms with Gasteiger partial charge in [0, 0.05) is 6.20 Å². The predicted molar refractivity (Wildman–Crippen MR) is 99.1 cm³/mol. The van der Waals surface area contributed by atoms with E-state index in [0.717, 1.165) is 5.75 Å². The number of nitrogens with zero attached hydrogens (tertiary/aromatic N) is 2. The monoisotopic (exact) mass is 383 g/mol. The van der Waals surface area contributed by atoms with Crippen LogP contribution in [0.1, 0.15) is 0 Å². The Morgan fingerprint density at radius 1 is 1.21 bits per heavy atom. The van der Waals surface area contributed by atoms with E-state index in [1.165, 1.54) is 18.3 Å². The number of halogens is 1. The maximum Gasteiger partial charge on any atom is 0.262 e. The van der Waals surface area contributed by atoms with Crippen molar-refractivity contribution in [2.75, 3.05) is 18.5 Å². The third kappa shape index (κ3) is 4.22. The second-order valence-corrected chi connectivity index (χ2v) is 6.22. The summed E-state index contributed by atoms with van der Waals surface area (Å²) >= 11 is 0. The Hall–Kier alpha value is -3.55. The Balaban J connectivity index is 1.29. The summed E-state index contributed by atoms with van der Waals surface area (Å²) in [5.41, 5.74) is 0.513. The lowest BCUT2D eigenvalue weighted by Gasteiger charge is -2.26. The normalized spacial score (nSPS) is 15.1. The van der Waals surface area contributed by atoms with Gasteiger partial charge in [0.25, 0.3) is 5.91 Å². The van der Waals surface area contributed by atoms with Crippen molar-refractivity contribution in [3.8, 4) is 17.2 Å². The van der Waals surface area contributed by atoms with Crippen LogP contribution in [0.5, 0.6) is 17.2 Å². The summed E-state index contributed by atoms with van der Waals surface area (Å²) in [5.74, 6) is 0.531. The summed E-state index contributed by atoms with van der Waals surface area (Å²) in [6.07, 6.45) is 3.02. The lowest BCUT2D eigenvalue weighted by molar-refractivity contribution is -0.118. The number of amides is 1. The van der Waals surface area contributed by atoms with Gasteiger partial charge in [-0.3, -0.25) is 9.48 Å². The molecule has 2 heterocycles. The minimum Gasteiger partial charge on any atom is -0.486 e. The molecule has 28 heavy (non-hydrogen) atoms. The molecule has 7 nitrogen and oxygen atoms in total. The van der Waals surface area contributed by atoms with Crippen LogP contribution in [0.2, 0.25) is 0 Å². The Morgan fingerprint density at radius 2 is 2.00 bits per heavy atom. The van der Waals surface area contributed by atoms with E-state index in [1.807, 2.05) is 24.3 Å². The van der Waals surface area contributed by atoms with E-state index in [-0.39, 0.29) is 18.5 Å². The number of aromatic nitrogens is 2. The van der Waals surface area contributed by atoms with Gasteiger partial charge < -0.3 is 19.5 Å². The molecule has 1 aliphatic rings. The van der Waals surface area contributed by atoms with E-state index in [0.29, 0.717) is 24.6 Å². The molecule has 0 spiro atoms. The van der Waals surface area contributed by atoms with Gasteiger partial charge in [0.2, 0.25) is 0 Å². The predicted octanol–water partition coefficient (Wildman–Crippen LogP) is 2.88. The SMILES string of the molecule is O=C(COc1ccccc1F)Nc1cnn(CC2COc3ccccc3O2)c1. The van der Waals surface area contributed by atoms with Crippen LogP contribution < -0.4 is 19.5 Å². The second kappa shape index (κ2) is 7.99. The van der Waals surface area contributed by atoms with Gasteiger partial charge in [-0.05, 0) is 24.3 Å². The maximum absolute atomic E-state index is 13.5. The minimum absolute atomic E-state index is 0.0306. The third-order valence-corrected chi connectivity index (χ3v) is 4.07. The van der Waals surface area contributed by atoms with Crippen molar-refractivity contribution in [3.63, 3.8) is 0 Å². The summed E-state index contributed by atoms with van der Waals surface area (Å²) in [6, 6.07) is 13.4. The highest BCUT2D eigenvalue weighted by molar-refractivity contribution is 5.91. The van der Waals surface area contributed by atoms with Crippen LogP contribution in [0, 0.1) is 5.82 Å². The van der Waals surface area contributed by atoms with Crippen LogP contribution in [0.15, 0.2) is 60.9 Å². The summed E-state index contributed by atoms with van der Waals surface area (Å²) in [4.78, 5) is 12.0. The van der Waals surface area contributed by atoms with Crippen molar-refractivity contribution in [2.45, 2.75) is 12.6 Å². The number of nitrogens with one attached hydrogen (secondary N) is 1. The van der Waals surface area contributed by atoms with E-state index in [1.54, 1.807) is 23.0 Å². The average Bonchev–Trinajstić information content (AvgIpc) is 3.14. The first-order valence-electron chi connectivity index (χ1n) is 8.75. The third-order valence-electron chi connectivity index (χ3n) is 4.07. The molecule has 0 fully saturated rings. The van der Waals surface area contributed by atoms with Crippen molar-refractivity contribution in [3.05, 3.63) is 66.7 Å². The molecule has 2 aromatic carbocycles. The van der Waals surface area contributed by atoms with Gasteiger partial charge in [0.05, 0.1) is 18.4 Å². The van der Waals surface area contributed by atoms with Crippen molar-refractivity contribution in [1.29, 1.82) is 0 Å². The fourth-order valence-corrected chi connectivity index (χ4v) is 2.79. The van der Waals surface area contributed by atoms with Crippen LogP contribution in [0.25, 0.3) is 0 Å². The number of hydrogen-bond donors (Lipinski definition) is 1. The van der Waals surface area contributed by atoms with Crippen molar-refractivity contribution in [2.24, 2.45) is 0 Å². The molecule has 1 unspecified atom stereocenters. The van der Waals surface area contributed by atoms with Gasteiger partial charge in [-0.25, -0.2) is 4.39 Å². The number of carbonyl (C=O) groups excluding carboxylic acids is 1. The van der Waals surface area contributed by atoms with Crippen molar-refractivity contribution >= 4 is 11.6 Å². The first-order chi connectivity index (χ1) is 13.7. The van der Waals surface area contributed by atoms with E-state index in [2.05, 4.69) is 10.4 Å². The quantitative estimate of drug-likeness (QED) is 0.709. The van der Waals surface area contributed by atoms with Gasteiger partial charge in [-0.1, -0.05) is 24.3 Å². The van der Waals surface area contributed by atoms with Crippen molar-refractivity contribution in [1.82, 2.24) is 9.78 Å². The Bertz CT molecular complexity index is 975. The molecule has 0 saturated carbocycles. The van der Waals surface area contributed by atoms with Gasteiger partial charge in [0.1, 0.15) is 6.61 Å². The Labute approximate surface area is 160 Å². The molecule has 1 N–H and O–H groups in total. The van der Waals surface area contributed by atoms with Crippen LogP contribution >= 0.6 is 0 Å². The standard InChI is InChI=1S/C20H18FN3O4/c21-16-5-1-2-6-17(16)27-13-20(25)23-14-9-22-24(10-14)11-15-12-26-18-7-3-4-8-19(18)28-15/h1-10,15H,11-13H2,(H,23,25). The molecule has 1 amide bonds. The topological polar surface area (TPSA) is 74.6 Å². The summed E-state index contributed by atoms with van der Waals surface area (Å²) in [6.45, 7) is 0.577. The molecule has 144 valence electrons. The molecule has 8 heteroatoms. The smallest absolute Gasteiger partial charge is 0.262 e. The maximum atomic E-state index is 13.5.